The minimum absolute atomic E-state index is 0.0998. The van der Waals surface area contributed by atoms with Crippen LogP contribution in [0.1, 0.15) is 52.1 Å². The van der Waals surface area contributed by atoms with Crippen LogP contribution >= 0.6 is 0 Å². The van der Waals surface area contributed by atoms with E-state index >= 15 is 0 Å². The van der Waals surface area contributed by atoms with Crippen LogP contribution in [0.4, 0.5) is 10.2 Å². The van der Waals surface area contributed by atoms with E-state index in [2.05, 4.69) is 23.8 Å². The topological polar surface area (TPSA) is 58.5 Å². The van der Waals surface area contributed by atoms with Crippen LogP contribution in [0.2, 0.25) is 0 Å². The Hall–Kier alpha value is -1.27. The van der Waals surface area contributed by atoms with E-state index in [1.165, 1.54) is 6.33 Å². The Morgan fingerprint density at radius 1 is 1.38 bits per heavy atom. The molecule has 1 aromatic rings. The first-order valence-corrected chi connectivity index (χ1v) is 9.04. The van der Waals surface area contributed by atoms with Crippen LogP contribution in [0.25, 0.3) is 0 Å². The molecule has 2 aliphatic heterocycles. The predicted molar refractivity (Wildman–Crippen MR) is 90.5 cm³/mol. The van der Waals surface area contributed by atoms with Crippen LogP contribution in [-0.2, 0) is 11.2 Å². The second-order valence-electron chi connectivity index (χ2n) is 7.48. The van der Waals surface area contributed by atoms with Crippen molar-refractivity contribution in [2.75, 3.05) is 18.0 Å². The molecule has 0 saturated carbocycles. The third kappa shape index (κ3) is 3.40. The summed E-state index contributed by atoms with van der Waals surface area (Å²) in [5, 5.41) is 10.3. The number of hydrogen-bond acceptors (Lipinski definition) is 5. The summed E-state index contributed by atoms with van der Waals surface area (Å²) >= 11 is 0. The molecular formula is C18H28FN3O2. The lowest BCUT2D eigenvalue weighted by Gasteiger charge is -2.49. The normalized spacial score (nSPS) is 27.0. The van der Waals surface area contributed by atoms with Crippen LogP contribution in [0.3, 0.4) is 0 Å². The average Bonchev–Trinajstić information content (AvgIpc) is 2.55. The van der Waals surface area contributed by atoms with Gasteiger partial charge in [0, 0.05) is 19.5 Å². The van der Waals surface area contributed by atoms with Gasteiger partial charge in [-0.1, -0.05) is 20.8 Å². The quantitative estimate of drug-likeness (QED) is 0.919. The lowest BCUT2D eigenvalue weighted by Crippen LogP contribution is -2.54. The van der Waals surface area contributed by atoms with E-state index in [9.17, 15) is 9.50 Å². The van der Waals surface area contributed by atoms with Gasteiger partial charge in [0.15, 0.2) is 11.6 Å². The van der Waals surface area contributed by atoms with Crippen LogP contribution in [0.15, 0.2) is 6.33 Å². The standard InChI is InChI=1S/C18H28FN3O2/c1-4-14-16(19)17(21-11-20-14)22-7-5-18(6-8-22)10-13(23)9-15(24-18)12(2)3/h11-13,15,23H,4-10H2,1-3H3/t13-,15-/m1/s1. The minimum atomic E-state index is -0.305. The van der Waals surface area contributed by atoms with Crippen molar-refractivity contribution in [1.29, 1.82) is 0 Å². The molecule has 1 N–H and O–H groups in total. The number of piperidine rings is 1. The Bertz CT molecular complexity index is 573. The molecule has 0 aliphatic carbocycles. The number of halogens is 1. The fourth-order valence-corrected chi connectivity index (χ4v) is 3.92. The molecule has 24 heavy (non-hydrogen) atoms. The minimum Gasteiger partial charge on any atom is -0.393 e. The molecule has 0 radical (unpaired) electrons. The molecule has 1 aromatic heterocycles. The molecule has 2 atom stereocenters. The highest BCUT2D eigenvalue weighted by Crippen LogP contribution is 2.40. The first-order valence-electron chi connectivity index (χ1n) is 9.04. The van der Waals surface area contributed by atoms with Gasteiger partial charge in [-0.25, -0.2) is 14.4 Å². The second kappa shape index (κ2) is 6.92. The smallest absolute Gasteiger partial charge is 0.187 e. The number of anilines is 1. The Labute approximate surface area is 143 Å². The Morgan fingerprint density at radius 3 is 2.71 bits per heavy atom. The van der Waals surface area contributed by atoms with Crippen LogP contribution in [0.5, 0.6) is 0 Å². The maximum atomic E-state index is 14.5. The summed E-state index contributed by atoms with van der Waals surface area (Å²) in [5.41, 5.74) is 0.185. The van der Waals surface area contributed by atoms with Crippen LogP contribution in [0, 0.1) is 11.7 Å². The third-order valence-corrected chi connectivity index (χ3v) is 5.41. The lowest BCUT2D eigenvalue weighted by atomic mass is 9.80. The van der Waals surface area contributed by atoms with Crippen molar-refractivity contribution < 1.29 is 14.2 Å². The van der Waals surface area contributed by atoms with Crippen LogP contribution in [-0.4, -0.2) is 46.0 Å². The van der Waals surface area contributed by atoms with Gasteiger partial charge in [-0.15, -0.1) is 0 Å². The number of aliphatic hydroxyl groups is 1. The van der Waals surface area contributed by atoms with E-state index in [1.54, 1.807) is 0 Å². The van der Waals surface area contributed by atoms with Gasteiger partial charge in [-0.3, -0.25) is 0 Å². The second-order valence-corrected chi connectivity index (χ2v) is 7.48. The summed E-state index contributed by atoms with van der Waals surface area (Å²) in [7, 11) is 0. The predicted octanol–water partition coefficient (Wildman–Crippen LogP) is 2.71. The van der Waals surface area contributed by atoms with Gasteiger partial charge in [0.05, 0.1) is 23.5 Å². The number of aryl methyl sites for hydroxylation is 1. The van der Waals surface area contributed by atoms with Crippen molar-refractivity contribution in [1.82, 2.24) is 9.97 Å². The van der Waals surface area contributed by atoms with Gasteiger partial charge < -0.3 is 14.7 Å². The molecule has 2 fully saturated rings. The molecule has 3 rings (SSSR count). The highest BCUT2D eigenvalue weighted by Gasteiger charge is 2.44. The summed E-state index contributed by atoms with van der Waals surface area (Å²) in [5.74, 6) is 0.482. The molecule has 0 amide bonds. The Kier molecular flexibility index (Phi) is 5.06. The van der Waals surface area contributed by atoms with Crippen molar-refractivity contribution >= 4 is 5.82 Å². The average molecular weight is 337 g/mol. The summed E-state index contributed by atoms with van der Waals surface area (Å²) in [4.78, 5) is 10.1. The highest BCUT2D eigenvalue weighted by atomic mass is 19.1. The van der Waals surface area contributed by atoms with Gasteiger partial charge in [-0.2, -0.15) is 0 Å². The molecule has 1 spiro atoms. The van der Waals surface area contributed by atoms with Crippen molar-refractivity contribution in [2.24, 2.45) is 5.92 Å². The summed E-state index contributed by atoms with van der Waals surface area (Å²) < 4.78 is 20.9. The first-order chi connectivity index (χ1) is 11.4. The zero-order valence-electron chi connectivity index (χ0n) is 14.8. The maximum Gasteiger partial charge on any atom is 0.187 e. The molecule has 0 unspecified atom stereocenters. The van der Waals surface area contributed by atoms with E-state index < -0.39 is 0 Å². The number of rotatable bonds is 3. The Balaban J connectivity index is 1.71. The SMILES string of the molecule is CCc1ncnc(N2CCC3(CC2)C[C@H](O)C[C@H](C(C)C)O3)c1F. The van der Waals surface area contributed by atoms with Crippen molar-refractivity contribution in [3.05, 3.63) is 17.8 Å². The van der Waals surface area contributed by atoms with E-state index in [0.717, 1.165) is 12.8 Å². The zero-order valence-corrected chi connectivity index (χ0v) is 14.8. The van der Waals surface area contributed by atoms with Gasteiger partial charge >= 0.3 is 0 Å². The number of ether oxygens (including phenoxy) is 1. The highest BCUT2D eigenvalue weighted by molar-refractivity contribution is 5.41. The van der Waals surface area contributed by atoms with E-state index in [0.29, 0.717) is 49.8 Å². The fourth-order valence-electron chi connectivity index (χ4n) is 3.92. The first kappa shape index (κ1) is 17.5. The van der Waals surface area contributed by atoms with Gasteiger partial charge in [0.2, 0.25) is 0 Å². The van der Waals surface area contributed by atoms with E-state index in [-0.39, 0.29) is 23.6 Å². The summed E-state index contributed by atoms with van der Waals surface area (Å²) in [6, 6.07) is 0. The number of hydrogen-bond donors (Lipinski definition) is 1. The molecule has 2 aliphatic rings. The largest absolute Gasteiger partial charge is 0.393 e. The van der Waals surface area contributed by atoms with Gasteiger partial charge in [0.25, 0.3) is 0 Å². The molecular weight excluding hydrogens is 309 g/mol. The van der Waals surface area contributed by atoms with Crippen molar-refractivity contribution in [3.63, 3.8) is 0 Å². The molecule has 0 aromatic carbocycles. The van der Waals surface area contributed by atoms with E-state index in [4.69, 9.17) is 4.74 Å². The summed E-state index contributed by atoms with van der Waals surface area (Å²) in [6.45, 7) is 7.54. The van der Waals surface area contributed by atoms with Crippen molar-refractivity contribution in [2.45, 2.75) is 70.7 Å². The van der Waals surface area contributed by atoms with Gasteiger partial charge in [-0.05, 0) is 31.6 Å². The molecule has 134 valence electrons. The monoisotopic (exact) mass is 337 g/mol. The number of aliphatic hydroxyl groups excluding tert-OH is 1. The summed E-state index contributed by atoms with van der Waals surface area (Å²) in [6.07, 6.45) is 4.76. The molecule has 5 nitrogen and oxygen atoms in total. The lowest BCUT2D eigenvalue weighted by molar-refractivity contribution is -0.183. The van der Waals surface area contributed by atoms with E-state index in [1.807, 2.05) is 11.8 Å². The molecule has 2 saturated heterocycles. The third-order valence-electron chi connectivity index (χ3n) is 5.41. The van der Waals surface area contributed by atoms with Gasteiger partial charge in [0.1, 0.15) is 6.33 Å². The maximum absolute atomic E-state index is 14.5. The number of aromatic nitrogens is 2. The zero-order chi connectivity index (χ0) is 17.3. The Morgan fingerprint density at radius 2 is 2.08 bits per heavy atom. The van der Waals surface area contributed by atoms with Crippen LogP contribution < -0.4 is 4.90 Å². The fraction of sp³-hybridized carbons (Fsp3) is 0.778. The van der Waals surface area contributed by atoms with Crippen molar-refractivity contribution in [3.8, 4) is 0 Å². The molecule has 3 heterocycles. The molecule has 0 bridgehead atoms. The number of nitrogens with zero attached hydrogens (tertiary/aromatic N) is 3. The molecule has 6 heteroatoms.